The third kappa shape index (κ3) is 3.52. The molecule has 1 amide bonds. The summed E-state index contributed by atoms with van der Waals surface area (Å²) < 4.78 is 4.78. The van der Waals surface area contributed by atoms with Crippen LogP contribution < -0.4 is 4.90 Å². The number of esters is 1. The first kappa shape index (κ1) is 17.1. The molecule has 0 saturated heterocycles. The van der Waals surface area contributed by atoms with E-state index >= 15 is 0 Å². The molecule has 2 aromatic rings. The summed E-state index contributed by atoms with van der Waals surface area (Å²) in [6.07, 6.45) is 0.146. The van der Waals surface area contributed by atoms with E-state index in [2.05, 4.69) is 6.07 Å². The van der Waals surface area contributed by atoms with E-state index in [0.717, 1.165) is 10.5 Å². The van der Waals surface area contributed by atoms with Crippen molar-refractivity contribution in [2.24, 2.45) is 0 Å². The van der Waals surface area contributed by atoms with Gasteiger partial charge in [0.2, 0.25) is 5.91 Å². The minimum absolute atomic E-state index is 0.120. The zero-order chi connectivity index (χ0) is 17.8. The average Bonchev–Trinajstić information content (AvgIpc) is 2.65. The molecule has 1 aliphatic rings. The maximum atomic E-state index is 12.9. The van der Waals surface area contributed by atoms with Gasteiger partial charge in [0.25, 0.3) is 0 Å². The number of carbonyl (C=O) groups excluding carboxylic acids is 2. The maximum Gasteiger partial charge on any atom is 0.337 e. The summed E-state index contributed by atoms with van der Waals surface area (Å²) in [5.41, 5.74) is 2.05. The van der Waals surface area contributed by atoms with Crippen LogP contribution in [0.3, 0.4) is 0 Å². The van der Waals surface area contributed by atoms with Gasteiger partial charge in [-0.3, -0.25) is 4.79 Å². The minimum atomic E-state index is -0.445. The fourth-order valence-corrected chi connectivity index (χ4v) is 3.84. The van der Waals surface area contributed by atoms with Crippen LogP contribution in [0.4, 0.5) is 5.69 Å². The highest BCUT2D eigenvalue weighted by Gasteiger charge is 2.34. The molecule has 1 heterocycles. The van der Waals surface area contributed by atoms with Gasteiger partial charge >= 0.3 is 5.97 Å². The van der Waals surface area contributed by atoms with E-state index in [1.165, 1.54) is 18.9 Å². The summed E-state index contributed by atoms with van der Waals surface area (Å²) in [7, 11) is 1.33. The van der Waals surface area contributed by atoms with E-state index < -0.39 is 11.2 Å². The fraction of sp³-hybridized carbons (Fsp3) is 0.211. The van der Waals surface area contributed by atoms with Gasteiger partial charge in [-0.1, -0.05) is 30.3 Å². The monoisotopic (exact) mass is 352 g/mol. The van der Waals surface area contributed by atoms with Gasteiger partial charge < -0.3 is 9.64 Å². The molecule has 3 rings (SSSR count). The van der Waals surface area contributed by atoms with Gasteiger partial charge in [0, 0.05) is 4.90 Å². The molecule has 2 aromatic carbocycles. The second kappa shape index (κ2) is 7.41. The molecule has 0 spiro atoms. The van der Waals surface area contributed by atoms with Crippen LogP contribution in [0.15, 0.2) is 53.4 Å². The summed E-state index contributed by atoms with van der Waals surface area (Å²) in [5.74, 6) is -0.566. The predicted octanol–water partition coefficient (Wildman–Crippen LogP) is 3.39. The summed E-state index contributed by atoms with van der Waals surface area (Å²) in [6, 6.07) is 16.9. The molecule has 25 heavy (non-hydrogen) atoms. The summed E-state index contributed by atoms with van der Waals surface area (Å²) in [5, 5.41) is 8.57. The molecule has 126 valence electrons. The van der Waals surface area contributed by atoms with Crippen molar-refractivity contribution in [3.63, 3.8) is 0 Å². The quantitative estimate of drug-likeness (QED) is 0.789. The minimum Gasteiger partial charge on any atom is -0.465 e. The fourth-order valence-electron chi connectivity index (χ4n) is 2.71. The van der Waals surface area contributed by atoms with E-state index in [0.29, 0.717) is 17.8 Å². The van der Waals surface area contributed by atoms with Gasteiger partial charge in [-0.25, -0.2) is 4.79 Å². The molecule has 0 aromatic heterocycles. The Bertz CT molecular complexity index is 845. The Hall–Kier alpha value is -2.78. The van der Waals surface area contributed by atoms with Crippen LogP contribution in [0.2, 0.25) is 0 Å². The van der Waals surface area contributed by atoms with Crippen LogP contribution in [0.1, 0.15) is 22.3 Å². The van der Waals surface area contributed by atoms with Gasteiger partial charge in [0.1, 0.15) is 5.25 Å². The Balaban J connectivity index is 2.03. The number of thioether (sulfide) groups is 1. The number of hydrogen-bond acceptors (Lipinski definition) is 5. The molecule has 1 atom stereocenters. The smallest absolute Gasteiger partial charge is 0.337 e. The van der Waals surface area contributed by atoms with E-state index in [-0.39, 0.29) is 12.3 Å². The lowest BCUT2D eigenvalue weighted by Gasteiger charge is -2.33. The topological polar surface area (TPSA) is 70.4 Å². The highest BCUT2D eigenvalue weighted by atomic mass is 32.2. The Morgan fingerprint density at radius 1 is 1.28 bits per heavy atom. The summed E-state index contributed by atoms with van der Waals surface area (Å²) >= 11 is 1.37. The average molecular weight is 352 g/mol. The SMILES string of the molecule is COC(=O)c1ccc2c(c1)N(Cc1ccccc1)C(=O)C(CC#N)S2. The Kier molecular flexibility index (Phi) is 5.05. The number of rotatable bonds is 4. The van der Waals surface area contributed by atoms with E-state index in [9.17, 15) is 9.59 Å². The molecular weight excluding hydrogens is 336 g/mol. The molecule has 0 radical (unpaired) electrons. The normalized spacial score (nSPS) is 16.1. The second-order valence-electron chi connectivity index (χ2n) is 5.55. The number of carbonyl (C=O) groups is 2. The molecule has 0 bridgehead atoms. The van der Waals surface area contributed by atoms with Crippen LogP contribution in [-0.4, -0.2) is 24.2 Å². The van der Waals surface area contributed by atoms with Gasteiger partial charge in [-0.05, 0) is 23.8 Å². The Morgan fingerprint density at radius 3 is 2.72 bits per heavy atom. The number of ether oxygens (including phenoxy) is 1. The molecule has 6 heteroatoms. The van der Waals surface area contributed by atoms with Crippen molar-refractivity contribution >= 4 is 29.3 Å². The van der Waals surface area contributed by atoms with Gasteiger partial charge in [-0.2, -0.15) is 5.26 Å². The van der Waals surface area contributed by atoms with Crippen molar-refractivity contribution in [3.05, 3.63) is 59.7 Å². The largest absolute Gasteiger partial charge is 0.465 e. The van der Waals surface area contributed by atoms with E-state index in [1.807, 2.05) is 30.3 Å². The molecule has 0 saturated carbocycles. The van der Waals surface area contributed by atoms with Crippen LogP contribution in [0.5, 0.6) is 0 Å². The highest BCUT2D eigenvalue weighted by Crippen LogP contribution is 2.41. The highest BCUT2D eigenvalue weighted by molar-refractivity contribution is 8.01. The number of benzene rings is 2. The lowest BCUT2D eigenvalue weighted by molar-refractivity contribution is -0.118. The molecule has 0 fully saturated rings. The van der Waals surface area contributed by atoms with Crippen molar-refractivity contribution in [2.45, 2.75) is 23.1 Å². The van der Waals surface area contributed by atoms with E-state index in [1.54, 1.807) is 23.1 Å². The predicted molar refractivity (Wildman–Crippen MR) is 95.3 cm³/mol. The van der Waals surface area contributed by atoms with E-state index in [4.69, 9.17) is 10.00 Å². The molecule has 0 aliphatic carbocycles. The summed E-state index contributed by atoms with van der Waals surface area (Å²) in [6.45, 7) is 0.389. The number of anilines is 1. The molecule has 0 N–H and O–H groups in total. The van der Waals surface area contributed by atoms with Crippen molar-refractivity contribution in [1.82, 2.24) is 0 Å². The molecule has 1 unspecified atom stereocenters. The first-order valence-electron chi connectivity index (χ1n) is 7.75. The van der Waals surface area contributed by atoms with Crippen molar-refractivity contribution in [3.8, 4) is 6.07 Å². The van der Waals surface area contributed by atoms with Crippen molar-refractivity contribution in [2.75, 3.05) is 12.0 Å². The molecule has 1 aliphatic heterocycles. The number of hydrogen-bond donors (Lipinski definition) is 0. The lowest BCUT2D eigenvalue weighted by Crippen LogP contribution is -2.40. The van der Waals surface area contributed by atoms with Crippen LogP contribution in [0, 0.1) is 11.3 Å². The number of nitrogens with zero attached hydrogens (tertiary/aromatic N) is 2. The van der Waals surface area contributed by atoms with Gasteiger partial charge in [-0.15, -0.1) is 11.8 Å². The first-order valence-corrected chi connectivity index (χ1v) is 8.63. The van der Waals surface area contributed by atoms with Gasteiger partial charge in [0.05, 0.1) is 37.4 Å². The third-order valence-corrected chi connectivity index (χ3v) is 5.19. The Morgan fingerprint density at radius 2 is 2.04 bits per heavy atom. The number of fused-ring (bicyclic) bond motifs is 1. The first-order chi connectivity index (χ1) is 12.1. The zero-order valence-electron chi connectivity index (χ0n) is 13.6. The van der Waals surface area contributed by atoms with Crippen molar-refractivity contribution < 1.29 is 14.3 Å². The van der Waals surface area contributed by atoms with Crippen LogP contribution >= 0.6 is 11.8 Å². The zero-order valence-corrected chi connectivity index (χ0v) is 14.5. The number of amides is 1. The number of nitriles is 1. The Labute approximate surface area is 150 Å². The van der Waals surface area contributed by atoms with Gasteiger partial charge in [0.15, 0.2) is 0 Å². The maximum absolute atomic E-state index is 12.9. The van der Waals surface area contributed by atoms with Crippen LogP contribution in [-0.2, 0) is 16.1 Å². The summed E-state index contributed by atoms with van der Waals surface area (Å²) in [4.78, 5) is 27.2. The molecular formula is C19H16N2O3S. The van der Waals surface area contributed by atoms with Crippen molar-refractivity contribution in [1.29, 1.82) is 5.26 Å². The lowest BCUT2D eigenvalue weighted by atomic mass is 10.1. The third-order valence-electron chi connectivity index (χ3n) is 3.94. The standard InChI is InChI=1S/C19H16N2O3S/c1-24-19(23)14-7-8-16-15(11-14)21(12-13-5-3-2-4-6-13)18(22)17(25-16)9-10-20/h2-8,11,17H,9,12H2,1H3. The van der Waals surface area contributed by atoms with Crippen LogP contribution in [0.25, 0.3) is 0 Å². The second-order valence-corrected chi connectivity index (χ2v) is 6.80. The number of methoxy groups -OCH3 is 1. The molecule has 5 nitrogen and oxygen atoms in total.